The van der Waals surface area contributed by atoms with Crippen LogP contribution in [0, 0.1) is 0 Å². The molecule has 5 heteroatoms. The minimum Gasteiger partial charge on any atom is -0.340 e. The van der Waals surface area contributed by atoms with Crippen LogP contribution in [0.4, 0.5) is 11.5 Å². The zero-order chi connectivity index (χ0) is 19.9. The summed E-state index contributed by atoms with van der Waals surface area (Å²) in [5.74, 6) is 2.45. The Kier molecular flexibility index (Phi) is 4.25. The Bertz CT molecular complexity index is 1230. The van der Waals surface area contributed by atoms with Gasteiger partial charge in [0, 0.05) is 16.8 Å². The Morgan fingerprint density at radius 1 is 0.733 bits per heavy atom. The lowest BCUT2D eigenvalue weighted by molar-refractivity contribution is 0.661. The second-order valence-corrected chi connectivity index (χ2v) is 8.38. The maximum Gasteiger partial charge on any atom is 0.254 e. The van der Waals surface area contributed by atoms with Gasteiger partial charge < -0.3 is 5.32 Å². The highest BCUT2D eigenvalue weighted by Gasteiger charge is 2.22. The molecule has 0 radical (unpaired) electrons. The monoisotopic (exact) mass is 395 g/mol. The Morgan fingerprint density at radius 2 is 1.53 bits per heavy atom. The molecule has 6 rings (SSSR count). The summed E-state index contributed by atoms with van der Waals surface area (Å²) in [4.78, 5) is 9.68. The van der Waals surface area contributed by atoms with E-state index in [4.69, 9.17) is 15.1 Å². The molecule has 0 atom stereocenters. The van der Waals surface area contributed by atoms with Crippen LogP contribution < -0.4 is 5.32 Å². The average molecular weight is 396 g/mol. The van der Waals surface area contributed by atoms with Crippen LogP contribution in [0.5, 0.6) is 0 Å². The van der Waals surface area contributed by atoms with Gasteiger partial charge in [0.2, 0.25) is 0 Å². The van der Waals surface area contributed by atoms with Crippen LogP contribution in [0.1, 0.15) is 48.1 Å². The second-order valence-electron chi connectivity index (χ2n) is 8.38. The standard InChI is InChI=1S/C25H25N5/c1-2-10-18(11-3-1)23-28-25-27-22-15-7-6-14-20(22)24(30(25)29-23)26-21-16-8-12-17-9-4-5-13-19(17)21/h1-3,8,10-12,16,26H,4-7,9,13-15H2. The molecular formula is C25H25N5. The minimum absolute atomic E-state index is 0.682. The molecule has 1 N–H and O–H groups in total. The number of anilines is 2. The molecule has 0 aliphatic heterocycles. The first-order chi connectivity index (χ1) is 14.9. The zero-order valence-electron chi connectivity index (χ0n) is 17.1. The van der Waals surface area contributed by atoms with Crippen molar-refractivity contribution >= 4 is 17.3 Å². The van der Waals surface area contributed by atoms with E-state index < -0.39 is 0 Å². The van der Waals surface area contributed by atoms with Gasteiger partial charge in [-0.15, -0.1) is 5.10 Å². The van der Waals surface area contributed by atoms with E-state index in [0.29, 0.717) is 5.78 Å². The number of nitrogens with zero attached hydrogens (tertiary/aromatic N) is 4. The van der Waals surface area contributed by atoms with Gasteiger partial charge in [0.25, 0.3) is 5.78 Å². The predicted octanol–water partition coefficient (Wildman–Crippen LogP) is 5.29. The summed E-state index contributed by atoms with van der Waals surface area (Å²) in [6.45, 7) is 0. The molecular weight excluding hydrogens is 370 g/mol. The van der Waals surface area contributed by atoms with E-state index in [9.17, 15) is 0 Å². The number of rotatable bonds is 3. The number of aryl methyl sites for hydroxylation is 2. The van der Waals surface area contributed by atoms with Crippen molar-refractivity contribution in [3.63, 3.8) is 0 Å². The van der Waals surface area contributed by atoms with Crippen molar-refractivity contribution < 1.29 is 0 Å². The lowest BCUT2D eigenvalue weighted by Gasteiger charge is -2.23. The maximum atomic E-state index is 4.90. The summed E-state index contributed by atoms with van der Waals surface area (Å²) in [5, 5.41) is 8.67. The van der Waals surface area contributed by atoms with Gasteiger partial charge in [-0.1, -0.05) is 42.5 Å². The lowest BCUT2D eigenvalue weighted by Crippen LogP contribution is -2.15. The van der Waals surface area contributed by atoms with Gasteiger partial charge in [-0.05, 0) is 68.6 Å². The summed E-state index contributed by atoms with van der Waals surface area (Å²) >= 11 is 0. The average Bonchev–Trinajstić information content (AvgIpc) is 3.24. The first-order valence-electron chi connectivity index (χ1n) is 11.1. The summed E-state index contributed by atoms with van der Waals surface area (Å²) in [5.41, 5.74) is 7.64. The maximum absolute atomic E-state index is 4.90. The molecule has 5 nitrogen and oxygen atoms in total. The fraction of sp³-hybridized carbons (Fsp3) is 0.320. The predicted molar refractivity (Wildman–Crippen MR) is 119 cm³/mol. The largest absolute Gasteiger partial charge is 0.340 e. The van der Waals surface area contributed by atoms with Crippen LogP contribution in [-0.4, -0.2) is 19.6 Å². The summed E-state index contributed by atoms with van der Waals surface area (Å²) < 4.78 is 1.93. The highest BCUT2D eigenvalue weighted by Crippen LogP contribution is 2.34. The molecule has 0 amide bonds. The number of fused-ring (bicyclic) bond motifs is 3. The molecule has 0 saturated heterocycles. The molecule has 2 heterocycles. The number of aromatic nitrogens is 4. The quantitative estimate of drug-likeness (QED) is 0.512. The lowest BCUT2D eigenvalue weighted by atomic mass is 9.90. The Balaban J connectivity index is 1.52. The van der Waals surface area contributed by atoms with E-state index in [1.165, 1.54) is 60.2 Å². The number of benzene rings is 2. The van der Waals surface area contributed by atoms with Crippen LogP contribution in [0.25, 0.3) is 17.2 Å². The van der Waals surface area contributed by atoms with E-state index in [1.54, 1.807) is 0 Å². The fourth-order valence-electron chi connectivity index (χ4n) is 4.91. The van der Waals surface area contributed by atoms with Crippen molar-refractivity contribution in [3.8, 4) is 11.4 Å². The van der Waals surface area contributed by atoms with Gasteiger partial charge in [0.05, 0.1) is 5.69 Å². The van der Waals surface area contributed by atoms with Crippen molar-refractivity contribution in [1.29, 1.82) is 0 Å². The topological polar surface area (TPSA) is 55.1 Å². The van der Waals surface area contributed by atoms with Gasteiger partial charge in [-0.3, -0.25) is 0 Å². The molecule has 150 valence electrons. The highest BCUT2D eigenvalue weighted by atomic mass is 15.4. The Hall–Kier alpha value is -3.21. The molecule has 30 heavy (non-hydrogen) atoms. The minimum atomic E-state index is 0.682. The van der Waals surface area contributed by atoms with E-state index in [0.717, 1.165) is 36.5 Å². The van der Waals surface area contributed by atoms with Gasteiger partial charge in [0.15, 0.2) is 5.82 Å². The summed E-state index contributed by atoms with van der Waals surface area (Å²) in [6.07, 6.45) is 9.30. The van der Waals surface area contributed by atoms with Crippen LogP contribution in [0.3, 0.4) is 0 Å². The van der Waals surface area contributed by atoms with Gasteiger partial charge >= 0.3 is 0 Å². The van der Waals surface area contributed by atoms with Crippen molar-refractivity contribution in [1.82, 2.24) is 19.6 Å². The van der Waals surface area contributed by atoms with Crippen molar-refractivity contribution in [3.05, 3.63) is 70.9 Å². The van der Waals surface area contributed by atoms with Gasteiger partial charge in [-0.2, -0.15) is 9.50 Å². The third-order valence-corrected chi connectivity index (χ3v) is 6.44. The van der Waals surface area contributed by atoms with Gasteiger partial charge in [0.1, 0.15) is 5.82 Å². The van der Waals surface area contributed by atoms with Crippen molar-refractivity contribution in [2.24, 2.45) is 0 Å². The molecule has 2 aromatic carbocycles. The van der Waals surface area contributed by atoms with Crippen LogP contribution in [-0.2, 0) is 25.7 Å². The highest BCUT2D eigenvalue weighted by molar-refractivity contribution is 5.68. The molecule has 0 saturated carbocycles. The van der Waals surface area contributed by atoms with Crippen LogP contribution >= 0.6 is 0 Å². The Morgan fingerprint density at radius 3 is 2.43 bits per heavy atom. The smallest absolute Gasteiger partial charge is 0.254 e. The normalized spacial score (nSPS) is 15.6. The SMILES string of the molecule is c1ccc(-c2nc3nc4c(c(Nc5cccc6c5CCCC6)n3n2)CCCC4)cc1. The van der Waals surface area contributed by atoms with Gasteiger partial charge in [-0.25, -0.2) is 4.98 Å². The second kappa shape index (κ2) is 7.24. The fourth-order valence-corrected chi connectivity index (χ4v) is 4.91. The summed E-state index contributed by atoms with van der Waals surface area (Å²) in [6, 6.07) is 16.8. The number of nitrogens with one attached hydrogen (secondary N) is 1. The van der Waals surface area contributed by atoms with Crippen LogP contribution in [0.15, 0.2) is 48.5 Å². The molecule has 4 aromatic rings. The summed E-state index contributed by atoms with van der Waals surface area (Å²) in [7, 11) is 0. The molecule has 2 aliphatic rings. The number of hydrogen-bond acceptors (Lipinski definition) is 4. The van der Waals surface area contributed by atoms with Crippen molar-refractivity contribution in [2.45, 2.75) is 51.4 Å². The van der Waals surface area contributed by atoms with E-state index in [-0.39, 0.29) is 0 Å². The first-order valence-corrected chi connectivity index (χ1v) is 11.1. The van der Waals surface area contributed by atoms with E-state index >= 15 is 0 Å². The third kappa shape index (κ3) is 2.96. The molecule has 2 aliphatic carbocycles. The number of hydrogen-bond donors (Lipinski definition) is 1. The molecule has 2 aromatic heterocycles. The molecule has 0 unspecified atom stereocenters. The van der Waals surface area contributed by atoms with Crippen LogP contribution in [0.2, 0.25) is 0 Å². The van der Waals surface area contributed by atoms with E-state index in [2.05, 4.69) is 35.6 Å². The Labute approximate surface area is 176 Å². The third-order valence-electron chi connectivity index (χ3n) is 6.44. The zero-order valence-corrected chi connectivity index (χ0v) is 17.1. The van der Waals surface area contributed by atoms with E-state index in [1.807, 2.05) is 22.7 Å². The van der Waals surface area contributed by atoms with Crippen molar-refractivity contribution in [2.75, 3.05) is 5.32 Å². The first kappa shape index (κ1) is 17.6. The molecule has 0 bridgehead atoms. The molecule has 0 fully saturated rings. The molecule has 0 spiro atoms.